The van der Waals surface area contributed by atoms with Crippen LogP contribution < -0.4 is 5.32 Å². The SMILES string of the molecule is Cc1nc(CC(=O)NC(CN2CCCC2=O)c2cccc(C(F)(F)F)c2)cs1. The van der Waals surface area contributed by atoms with E-state index in [1.165, 1.54) is 23.5 Å². The molecule has 0 bridgehead atoms. The Morgan fingerprint density at radius 3 is 2.79 bits per heavy atom. The van der Waals surface area contributed by atoms with E-state index in [1.54, 1.807) is 10.3 Å². The van der Waals surface area contributed by atoms with Crippen LogP contribution in [-0.2, 0) is 22.2 Å². The minimum atomic E-state index is -4.48. The topological polar surface area (TPSA) is 62.3 Å². The van der Waals surface area contributed by atoms with Crippen LogP contribution in [-0.4, -0.2) is 34.8 Å². The zero-order valence-corrected chi connectivity index (χ0v) is 16.1. The van der Waals surface area contributed by atoms with E-state index in [4.69, 9.17) is 0 Å². The molecule has 1 aliphatic heterocycles. The summed E-state index contributed by atoms with van der Waals surface area (Å²) in [6.07, 6.45) is -3.32. The first kappa shape index (κ1) is 20.3. The summed E-state index contributed by atoms with van der Waals surface area (Å²) in [6, 6.07) is 4.14. The number of hydrogen-bond donors (Lipinski definition) is 1. The Kier molecular flexibility index (Phi) is 6.02. The number of thiazole rings is 1. The Hall–Kier alpha value is -2.42. The molecule has 1 aliphatic rings. The lowest BCUT2D eigenvalue weighted by molar-refractivity contribution is -0.137. The molecule has 28 heavy (non-hydrogen) atoms. The van der Waals surface area contributed by atoms with E-state index in [-0.39, 0.29) is 24.8 Å². The number of aromatic nitrogens is 1. The first-order valence-electron chi connectivity index (χ1n) is 8.87. The van der Waals surface area contributed by atoms with Crippen molar-refractivity contribution in [2.75, 3.05) is 13.1 Å². The van der Waals surface area contributed by atoms with E-state index >= 15 is 0 Å². The summed E-state index contributed by atoms with van der Waals surface area (Å²) in [5, 5.41) is 5.39. The molecule has 1 aromatic carbocycles. The number of nitrogens with one attached hydrogen (secondary N) is 1. The van der Waals surface area contributed by atoms with Crippen molar-refractivity contribution in [3.8, 4) is 0 Å². The predicted molar refractivity (Wildman–Crippen MR) is 98.7 cm³/mol. The van der Waals surface area contributed by atoms with E-state index in [2.05, 4.69) is 10.3 Å². The van der Waals surface area contributed by atoms with Crippen molar-refractivity contribution in [3.05, 3.63) is 51.5 Å². The Labute approximate surface area is 164 Å². The molecule has 1 atom stereocenters. The van der Waals surface area contributed by atoms with Crippen molar-refractivity contribution in [1.29, 1.82) is 0 Å². The minimum Gasteiger partial charge on any atom is -0.347 e. The highest BCUT2D eigenvalue weighted by molar-refractivity contribution is 7.09. The summed E-state index contributed by atoms with van der Waals surface area (Å²) in [4.78, 5) is 30.3. The molecule has 2 amide bonds. The molecule has 0 spiro atoms. The number of benzene rings is 1. The lowest BCUT2D eigenvalue weighted by atomic mass is 10.0. The van der Waals surface area contributed by atoms with Crippen LogP contribution in [0.3, 0.4) is 0 Å². The lowest BCUT2D eigenvalue weighted by Crippen LogP contribution is -2.39. The van der Waals surface area contributed by atoms with Gasteiger partial charge in [0.2, 0.25) is 11.8 Å². The highest BCUT2D eigenvalue weighted by atomic mass is 32.1. The Balaban J connectivity index is 1.80. The van der Waals surface area contributed by atoms with Crippen LogP contribution in [0.2, 0.25) is 0 Å². The zero-order valence-electron chi connectivity index (χ0n) is 15.3. The van der Waals surface area contributed by atoms with Gasteiger partial charge in [0.05, 0.1) is 28.7 Å². The molecule has 1 unspecified atom stereocenters. The molecule has 1 N–H and O–H groups in total. The van der Waals surface area contributed by atoms with E-state index in [0.717, 1.165) is 17.1 Å². The average molecular weight is 411 g/mol. The summed E-state index contributed by atoms with van der Waals surface area (Å²) in [5.74, 6) is -0.402. The van der Waals surface area contributed by atoms with Crippen LogP contribution in [0.1, 0.15) is 40.7 Å². The van der Waals surface area contributed by atoms with Gasteiger partial charge in [-0.25, -0.2) is 4.98 Å². The van der Waals surface area contributed by atoms with Gasteiger partial charge < -0.3 is 10.2 Å². The normalized spacial score (nSPS) is 15.7. The number of rotatable bonds is 6. The van der Waals surface area contributed by atoms with Crippen LogP contribution >= 0.6 is 11.3 Å². The molecular weight excluding hydrogens is 391 g/mol. The van der Waals surface area contributed by atoms with Crippen molar-refractivity contribution in [3.63, 3.8) is 0 Å². The molecule has 150 valence electrons. The van der Waals surface area contributed by atoms with Gasteiger partial charge in [0.15, 0.2) is 0 Å². The van der Waals surface area contributed by atoms with Crippen molar-refractivity contribution >= 4 is 23.2 Å². The highest BCUT2D eigenvalue weighted by Crippen LogP contribution is 2.31. The van der Waals surface area contributed by atoms with E-state index in [0.29, 0.717) is 30.6 Å². The van der Waals surface area contributed by atoms with Crippen LogP contribution in [0.4, 0.5) is 13.2 Å². The predicted octanol–water partition coefficient (Wildman–Crippen LogP) is 3.49. The van der Waals surface area contributed by atoms with Gasteiger partial charge in [0, 0.05) is 24.9 Å². The number of nitrogens with zero attached hydrogens (tertiary/aromatic N) is 2. The molecule has 5 nitrogen and oxygen atoms in total. The Bertz CT molecular complexity index is 866. The van der Waals surface area contributed by atoms with Gasteiger partial charge in [-0.1, -0.05) is 12.1 Å². The van der Waals surface area contributed by atoms with Gasteiger partial charge in [-0.3, -0.25) is 9.59 Å². The maximum Gasteiger partial charge on any atom is 0.416 e. The largest absolute Gasteiger partial charge is 0.416 e. The van der Waals surface area contributed by atoms with Crippen molar-refractivity contribution in [1.82, 2.24) is 15.2 Å². The summed E-state index contributed by atoms with van der Waals surface area (Å²) < 4.78 is 39.3. The molecule has 1 aromatic heterocycles. The second kappa shape index (κ2) is 8.30. The summed E-state index contributed by atoms with van der Waals surface area (Å²) in [6.45, 7) is 2.51. The van der Waals surface area contributed by atoms with E-state index in [9.17, 15) is 22.8 Å². The van der Waals surface area contributed by atoms with Crippen LogP contribution in [0.5, 0.6) is 0 Å². The summed E-state index contributed by atoms with van der Waals surface area (Å²) in [5.41, 5.74) is 0.143. The maximum absolute atomic E-state index is 13.1. The maximum atomic E-state index is 13.1. The number of carbonyl (C=O) groups excluding carboxylic acids is 2. The first-order chi connectivity index (χ1) is 13.2. The fourth-order valence-electron chi connectivity index (χ4n) is 3.18. The molecule has 1 saturated heterocycles. The summed E-state index contributed by atoms with van der Waals surface area (Å²) >= 11 is 1.42. The number of likely N-dealkylation sites (tertiary alicyclic amines) is 1. The third kappa shape index (κ3) is 5.09. The summed E-state index contributed by atoms with van der Waals surface area (Å²) in [7, 11) is 0. The molecule has 1 fully saturated rings. The average Bonchev–Trinajstić information content (AvgIpc) is 3.22. The number of carbonyl (C=O) groups is 2. The van der Waals surface area contributed by atoms with Gasteiger partial charge >= 0.3 is 6.18 Å². The number of amides is 2. The molecule has 3 rings (SSSR count). The standard InChI is InChI=1S/C19H20F3N3O2S/c1-12-23-15(11-28-12)9-17(26)24-16(10-25-7-3-6-18(25)27)13-4-2-5-14(8-13)19(20,21)22/h2,4-5,8,11,16H,3,6-7,9-10H2,1H3,(H,24,26). The third-order valence-corrected chi connectivity index (χ3v) is 5.36. The van der Waals surface area contributed by atoms with Crippen molar-refractivity contribution in [2.45, 2.75) is 38.4 Å². The number of hydrogen-bond acceptors (Lipinski definition) is 4. The van der Waals surface area contributed by atoms with Crippen molar-refractivity contribution in [2.24, 2.45) is 0 Å². The number of halogens is 3. The van der Waals surface area contributed by atoms with Crippen LogP contribution in [0, 0.1) is 6.92 Å². The monoisotopic (exact) mass is 411 g/mol. The molecule has 0 saturated carbocycles. The van der Waals surface area contributed by atoms with E-state index in [1.807, 2.05) is 6.92 Å². The zero-order chi connectivity index (χ0) is 20.3. The molecule has 0 aliphatic carbocycles. The second-order valence-electron chi connectivity index (χ2n) is 6.72. The lowest BCUT2D eigenvalue weighted by Gasteiger charge is -2.25. The van der Waals surface area contributed by atoms with Gasteiger partial charge in [0.1, 0.15) is 0 Å². The molecular formula is C19H20F3N3O2S. The number of alkyl halides is 3. The minimum absolute atomic E-state index is 0.0355. The van der Waals surface area contributed by atoms with Gasteiger partial charge in [-0.05, 0) is 31.0 Å². The molecule has 2 heterocycles. The van der Waals surface area contributed by atoms with Gasteiger partial charge in [-0.2, -0.15) is 13.2 Å². The molecule has 2 aromatic rings. The number of aryl methyl sites for hydroxylation is 1. The molecule has 0 radical (unpaired) electrons. The Morgan fingerprint density at radius 2 is 2.18 bits per heavy atom. The second-order valence-corrected chi connectivity index (χ2v) is 7.78. The van der Waals surface area contributed by atoms with Gasteiger partial charge in [-0.15, -0.1) is 11.3 Å². The smallest absolute Gasteiger partial charge is 0.347 e. The van der Waals surface area contributed by atoms with E-state index < -0.39 is 17.8 Å². The quantitative estimate of drug-likeness (QED) is 0.792. The highest BCUT2D eigenvalue weighted by Gasteiger charge is 2.32. The first-order valence-corrected chi connectivity index (χ1v) is 9.75. The fraction of sp³-hybridized carbons (Fsp3) is 0.421. The van der Waals surface area contributed by atoms with Gasteiger partial charge in [0.25, 0.3) is 0 Å². The van der Waals surface area contributed by atoms with Crippen LogP contribution in [0.25, 0.3) is 0 Å². The van der Waals surface area contributed by atoms with Crippen molar-refractivity contribution < 1.29 is 22.8 Å². The van der Waals surface area contributed by atoms with Crippen LogP contribution in [0.15, 0.2) is 29.6 Å². The third-order valence-electron chi connectivity index (χ3n) is 4.53. The molecule has 9 heteroatoms. The fourth-order valence-corrected chi connectivity index (χ4v) is 3.80. The Morgan fingerprint density at radius 1 is 1.39 bits per heavy atom.